The lowest BCUT2D eigenvalue weighted by molar-refractivity contribution is 0.340. The second-order valence-corrected chi connectivity index (χ2v) is 7.23. The van der Waals surface area contributed by atoms with Gasteiger partial charge in [-0.15, -0.1) is 0 Å². The van der Waals surface area contributed by atoms with Crippen molar-refractivity contribution in [1.82, 2.24) is 0 Å². The quantitative estimate of drug-likeness (QED) is 0.792. The van der Waals surface area contributed by atoms with Crippen molar-refractivity contribution in [3.63, 3.8) is 0 Å². The van der Waals surface area contributed by atoms with E-state index in [-0.39, 0.29) is 12.4 Å². The summed E-state index contributed by atoms with van der Waals surface area (Å²) in [6, 6.07) is 14.2. The van der Waals surface area contributed by atoms with Crippen LogP contribution in [-0.4, -0.2) is 42.0 Å². The average Bonchev–Trinajstić information content (AvgIpc) is 2.55. The number of anilines is 2. The first-order valence-corrected chi connectivity index (χ1v) is 9.09. The highest BCUT2D eigenvalue weighted by Gasteiger charge is 2.11. The maximum Gasteiger partial charge on any atom is 0.236 e. The third-order valence-electron chi connectivity index (χ3n) is 3.34. The molecule has 2 rings (SSSR count). The van der Waals surface area contributed by atoms with Gasteiger partial charge in [-0.2, -0.15) is 0 Å². The Balaban J connectivity index is 1.86. The summed E-state index contributed by atoms with van der Waals surface area (Å²) in [5.74, 6) is 1.19. The third kappa shape index (κ3) is 5.34. The second kappa shape index (κ2) is 7.92. The molecule has 0 saturated heterocycles. The highest BCUT2D eigenvalue weighted by atomic mass is 32.2. The number of hydrogen-bond acceptors (Lipinski definition) is 5. The number of benzene rings is 2. The van der Waals surface area contributed by atoms with Crippen LogP contribution in [0.4, 0.5) is 11.4 Å². The summed E-state index contributed by atoms with van der Waals surface area (Å²) in [4.78, 5) is 1.95. The van der Waals surface area contributed by atoms with E-state index in [1.807, 2.05) is 31.1 Å². The zero-order valence-corrected chi connectivity index (χ0v) is 14.8. The molecule has 7 heteroatoms. The molecular formula is C17H22N2O4S. The van der Waals surface area contributed by atoms with E-state index in [2.05, 4.69) is 4.72 Å². The lowest BCUT2D eigenvalue weighted by Crippen LogP contribution is -2.21. The van der Waals surface area contributed by atoms with Crippen LogP contribution in [0.2, 0.25) is 0 Å². The lowest BCUT2D eigenvalue weighted by atomic mass is 10.3. The molecule has 24 heavy (non-hydrogen) atoms. The minimum absolute atomic E-state index is 0.0669. The van der Waals surface area contributed by atoms with Crippen LogP contribution in [0, 0.1) is 0 Å². The standard InChI is InChI=1S/C17H22N2O4S/c1-19(2)15-6-4-14(5-7-15)18-24(20,21)13-12-23-17-10-8-16(22-3)9-11-17/h4-11,18H,12-13H2,1-3H3. The van der Waals surface area contributed by atoms with Crippen LogP contribution in [0.1, 0.15) is 0 Å². The Morgan fingerprint density at radius 1 is 0.958 bits per heavy atom. The summed E-state index contributed by atoms with van der Waals surface area (Å²) in [7, 11) is 1.97. The van der Waals surface area contributed by atoms with E-state index in [4.69, 9.17) is 9.47 Å². The highest BCUT2D eigenvalue weighted by molar-refractivity contribution is 7.92. The average molecular weight is 350 g/mol. The molecule has 0 saturated carbocycles. The van der Waals surface area contributed by atoms with E-state index in [9.17, 15) is 8.42 Å². The van der Waals surface area contributed by atoms with Crippen molar-refractivity contribution in [3.05, 3.63) is 48.5 Å². The van der Waals surface area contributed by atoms with E-state index < -0.39 is 10.0 Å². The SMILES string of the molecule is COc1ccc(OCCS(=O)(=O)Nc2ccc(N(C)C)cc2)cc1. The van der Waals surface area contributed by atoms with Gasteiger partial charge in [-0.05, 0) is 48.5 Å². The van der Waals surface area contributed by atoms with Crippen LogP contribution in [0.25, 0.3) is 0 Å². The minimum atomic E-state index is -3.46. The van der Waals surface area contributed by atoms with Crippen molar-refractivity contribution in [3.8, 4) is 11.5 Å². The van der Waals surface area contributed by atoms with Crippen LogP contribution in [0.15, 0.2) is 48.5 Å². The van der Waals surface area contributed by atoms with E-state index in [1.165, 1.54) is 0 Å². The second-order valence-electron chi connectivity index (χ2n) is 5.39. The molecule has 1 N–H and O–H groups in total. The predicted octanol–water partition coefficient (Wildman–Crippen LogP) is 2.58. The van der Waals surface area contributed by atoms with Gasteiger partial charge >= 0.3 is 0 Å². The minimum Gasteiger partial charge on any atom is -0.497 e. The number of ether oxygens (including phenoxy) is 2. The molecule has 2 aromatic rings. The van der Waals surface area contributed by atoms with E-state index in [1.54, 1.807) is 43.5 Å². The Labute approximate surface area is 143 Å². The molecule has 0 unspecified atom stereocenters. The molecule has 0 bridgehead atoms. The van der Waals surface area contributed by atoms with Crippen molar-refractivity contribution < 1.29 is 17.9 Å². The molecule has 0 spiro atoms. The van der Waals surface area contributed by atoms with Crippen molar-refractivity contribution in [2.75, 3.05) is 43.2 Å². The molecule has 0 aliphatic rings. The number of methoxy groups -OCH3 is 1. The molecule has 0 amide bonds. The maximum absolute atomic E-state index is 12.1. The Kier molecular flexibility index (Phi) is 5.92. The van der Waals surface area contributed by atoms with Crippen LogP contribution in [0.3, 0.4) is 0 Å². The molecule has 0 heterocycles. The molecule has 130 valence electrons. The highest BCUT2D eigenvalue weighted by Crippen LogP contribution is 2.18. The van der Waals surface area contributed by atoms with Gasteiger partial charge < -0.3 is 14.4 Å². The Morgan fingerprint density at radius 2 is 1.54 bits per heavy atom. The van der Waals surface area contributed by atoms with Crippen molar-refractivity contribution >= 4 is 21.4 Å². The molecule has 0 atom stereocenters. The summed E-state index contributed by atoms with van der Waals surface area (Å²) in [6.07, 6.45) is 0. The zero-order chi connectivity index (χ0) is 17.6. The monoisotopic (exact) mass is 350 g/mol. The maximum atomic E-state index is 12.1. The molecule has 6 nitrogen and oxygen atoms in total. The topological polar surface area (TPSA) is 67.9 Å². The number of nitrogens with zero attached hydrogens (tertiary/aromatic N) is 1. The predicted molar refractivity (Wildman–Crippen MR) is 96.7 cm³/mol. The summed E-state index contributed by atoms with van der Waals surface area (Å²) in [5, 5.41) is 0. The molecular weight excluding hydrogens is 328 g/mol. The van der Waals surface area contributed by atoms with Crippen molar-refractivity contribution in [2.24, 2.45) is 0 Å². The third-order valence-corrected chi connectivity index (χ3v) is 4.59. The van der Waals surface area contributed by atoms with Crippen LogP contribution < -0.4 is 19.1 Å². The Morgan fingerprint density at radius 3 is 2.08 bits per heavy atom. The molecule has 0 aromatic heterocycles. The van der Waals surface area contributed by atoms with Crippen LogP contribution in [0.5, 0.6) is 11.5 Å². The van der Waals surface area contributed by atoms with Gasteiger partial charge in [0, 0.05) is 25.5 Å². The fraction of sp³-hybridized carbons (Fsp3) is 0.294. The molecule has 0 fully saturated rings. The van der Waals surface area contributed by atoms with E-state index in [0.29, 0.717) is 11.4 Å². The van der Waals surface area contributed by atoms with Crippen molar-refractivity contribution in [1.29, 1.82) is 0 Å². The Hall–Kier alpha value is -2.41. The van der Waals surface area contributed by atoms with Crippen LogP contribution >= 0.6 is 0 Å². The van der Waals surface area contributed by atoms with Crippen molar-refractivity contribution in [2.45, 2.75) is 0 Å². The first-order valence-electron chi connectivity index (χ1n) is 7.44. The normalized spacial score (nSPS) is 11.0. The molecule has 0 aliphatic carbocycles. The van der Waals surface area contributed by atoms with Gasteiger partial charge in [-0.25, -0.2) is 8.42 Å². The van der Waals surface area contributed by atoms with Gasteiger partial charge in [0.05, 0.1) is 7.11 Å². The smallest absolute Gasteiger partial charge is 0.236 e. The summed E-state index contributed by atoms with van der Waals surface area (Å²) >= 11 is 0. The fourth-order valence-corrected chi connectivity index (χ4v) is 2.90. The Bertz CT molecular complexity index is 741. The van der Waals surface area contributed by atoms with Gasteiger partial charge in [0.25, 0.3) is 0 Å². The lowest BCUT2D eigenvalue weighted by Gasteiger charge is -2.13. The largest absolute Gasteiger partial charge is 0.497 e. The van der Waals surface area contributed by atoms with Gasteiger partial charge in [0.15, 0.2) is 0 Å². The van der Waals surface area contributed by atoms with Gasteiger partial charge in [0.2, 0.25) is 10.0 Å². The van der Waals surface area contributed by atoms with Gasteiger partial charge in [-0.3, -0.25) is 4.72 Å². The van der Waals surface area contributed by atoms with Gasteiger partial charge in [-0.1, -0.05) is 0 Å². The van der Waals surface area contributed by atoms with Crippen LogP contribution in [-0.2, 0) is 10.0 Å². The summed E-state index contributed by atoms with van der Waals surface area (Å²) in [5.41, 5.74) is 1.53. The number of hydrogen-bond donors (Lipinski definition) is 1. The fourth-order valence-electron chi connectivity index (χ4n) is 2.00. The molecule has 2 aromatic carbocycles. The molecule has 0 radical (unpaired) electrons. The molecule has 0 aliphatic heterocycles. The first kappa shape index (κ1) is 17.9. The van der Waals surface area contributed by atoms with E-state index >= 15 is 0 Å². The van der Waals surface area contributed by atoms with E-state index in [0.717, 1.165) is 11.4 Å². The summed E-state index contributed by atoms with van der Waals surface area (Å²) in [6.45, 7) is 0.0669. The number of nitrogens with one attached hydrogen (secondary N) is 1. The zero-order valence-electron chi connectivity index (χ0n) is 14.0. The summed E-state index contributed by atoms with van der Waals surface area (Å²) < 4.78 is 37.2. The number of rotatable bonds is 8. The number of sulfonamides is 1. The van der Waals surface area contributed by atoms with Gasteiger partial charge in [0.1, 0.15) is 23.9 Å². The first-order chi connectivity index (χ1) is 11.4.